The first-order valence-corrected chi connectivity index (χ1v) is 10.2. The molecule has 0 bridgehead atoms. The molecular formula is C19H17ClFN3O4S. The summed E-state index contributed by atoms with van der Waals surface area (Å²) in [7, 11) is 1.35. The smallest absolute Gasteiger partial charge is 0.329 e. The zero-order chi connectivity index (χ0) is 20.7. The molecule has 4 rings (SSSR count). The molecule has 3 heterocycles. The van der Waals surface area contributed by atoms with E-state index < -0.39 is 23.1 Å². The van der Waals surface area contributed by atoms with Crippen molar-refractivity contribution in [3.63, 3.8) is 0 Å². The summed E-state index contributed by atoms with van der Waals surface area (Å²) < 4.78 is 20.3. The van der Waals surface area contributed by atoms with Crippen molar-refractivity contribution in [2.45, 2.75) is 25.3 Å². The number of thiophene rings is 1. The summed E-state index contributed by atoms with van der Waals surface area (Å²) in [6.07, 6.45) is 1.31. The van der Waals surface area contributed by atoms with E-state index in [4.69, 9.17) is 16.3 Å². The molecule has 152 valence electrons. The van der Waals surface area contributed by atoms with Gasteiger partial charge in [0.25, 0.3) is 5.56 Å². The maximum atomic E-state index is 13.9. The minimum atomic E-state index is -0.593. The number of nitrogens with one attached hydrogen (secondary N) is 2. The van der Waals surface area contributed by atoms with Crippen LogP contribution in [0.15, 0.2) is 27.8 Å². The van der Waals surface area contributed by atoms with Gasteiger partial charge in [0.2, 0.25) is 5.91 Å². The number of rotatable bonds is 3. The van der Waals surface area contributed by atoms with Crippen LogP contribution in [0.1, 0.15) is 25.3 Å². The Morgan fingerprint density at radius 3 is 2.83 bits per heavy atom. The van der Waals surface area contributed by atoms with Gasteiger partial charge in [-0.3, -0.25) is 14.2 Å². The largest absolute Gasteiger partial charge is 0.494 e. The molecule has 29 heavy (non-hydrogen) atoms. The van der Waals surface area contributed by atoms with Crippen molar-refractivity contribution in [1.29, 1.82) is 0 Å². The minimum absolute atomic E-state index is 0.0252. The fourth-order valence-corrected chi connectivity index (χ4v) is 4.92. The van der Waals surface area contributed by atoms with Gasteiger partial charge in [0, 0.05) is 23.4 Å². The van der Waals surface area contributed by atoms with E-state index >= 15 is 0 Å². The summed E-state index contributed by atoms with van der Waals surface area (Å²) in [6.45, 7) is 0.526. The van der Waals surface area contributed by atoms with Crippen LogP contribution in [0.4, 0.5) is 4.39 Å². The molecule has 1 atom stereocenters. The molecule has 3 aromatic rings. The van der Waals surface area contributed by atoms with E-state index in [-0.39, 0.29) is 23.1 Å². The molecule has 0 spiro atoms. The number of hydrogen-bond acceptors (Lipinski definition) is 5. The van der Waals surface area contributed by atoms with Gasteiger partial charge in [-0.15, -0.1) is 11.3 Å². The highest BCUT2D eigenvalue weighted by Crippen LogP contribution is 2.38. The Morgan fingerprint density at radius 2 is 2.07 bits per heavy atom. The summed E-state index contributed by atoms with van der Waals surface area (Å²) in [5.74, 6) is -0.752. The van der Waals surface area contributed by atoms with Crippen LogP contribution in [0, 0.1) is 5.82 Å². The van der Waals surface area contributed by atoms with E-state index in [2.05, 4.69) is 10.3 Å². The molecule has 2 N–H and O–H groups in total. The second-order valence-corrected chi connectivity index (χ2v) is 8.23. The van der Waals surface area contributed by atoms with Crippen LogP contribution in [0.2, 0.25) is 5.02 Å². The molecule has 1 fully saturated rings. The minimum Gasteiger partial charge on any atom is -0.494 e. The molecular weight excluding hydrogens is 421 g/mol. The van der Waals surface area contributed by atoms with E-state index in [1.54, 1.807) is 6.07 Å². The highest BCUT2D eigenvalue weighted by atomic mass is 35.5. The highest BCUT2D eigenvalue weighted by Gasteiger charge is 2.24. The Kier molecular flexibility index (Phi) is 5.18. The fourth-order valence-electron chi connectivity index (χ4n) is 3.53. The average molecular weight is 438 g/mol. The number of carbonyl (C=O) groups excluding carboxylic acids is 1. The third-order valence-electron chi connectivity index (χ3n) is 4.93. The van der Waals surface area contributed by atoms with Gasteiger partial charge in [0.05, 0.1) is 23.7 Å². The van der Waals surface area contributed by atoms with E-state index in [1.807, 2.05) is 0 Å². The van der Waals surface area contributed by atoms with Crippen LogP contribution < -0.4 is 21.3 Å². The maximum Gasteiger partial charge on any atom is 0.329 e. The molecule has 2 aromatic heterocycles. The number of nitrogens with zero attached hydrogens (tertiary/aromatic N) is 1. The zero-order valence-electron chi connectivity index (χ0n) is 15.4. The Balaban J connectivity index is 1.86. The van der Waals surface area contributed by atoms with Crippen molar-refractivity contribution >= 4 is 39.1 Å². The lowest BCUT2D eigenvalue weighted by Crippen LogP contribution is -2.38. The molecule has 10 heteroatoms. The third-order valence-corrected chi connectivity index (χ3v) is 6.40. The van der Waals surface area contributed by atoms with Crippen LogP contribution in [0.25, 0.3) is 20.7 Å². The average Bonchev–Trinajstić information content (AvgIpc) is 2.97. The quantitative estimate of drug-likeness (QED) is 0.658. The number of ether oxygens (including phenoxy) is 1. The van der Waals surface area contributed by atoms with Gasteiger partial charge < -0.3 is 15.0 Å². The summed E-state index contributed by atoms with van der Waals surface area (Å²) in [6, 6.07) is 3.73. The van der Waals surface area contributed by atoms with Gasteiger partial charge in [0.15, 0.2) is 11.6 Å². The molecule has 1 saturated heterocycles. The van der Waals surface area contributed by atoms with Gasteiger partial charge in [-0.25, -0.2) is 9.18 Å². The van der Waals surface area contributed by atoms with Crippen molar-refractivity contribution in [3.05, 3.63) is 49.9 Å². The standard InChI is InChI=1S/C19H17ClFN3O4S/c1-28-14-6-10(11(20)7-12(14)21)15-8-13-17(29-15)18(26)24(19(27)23-13)9-3-2-4-22-16(25)5-9/h6-9H,2-5H2,1H3,(H,22,25)(H,23,27)/t9-/m1/s1. The van der Waals surface area contributed by atoms with Crippen molar-refractivity contribution in [3.8, 4) is 16.2 Å². The molecule has 1 amide bonds. The van der Waals surface area contributed by atoms with E-state index in [1.165, 1.54) is 13.2 Å². The van der Waals surface area contributed by atoms with Gasteiger partial charge in [-0.05, 0) is 31.0 Å². The number of benzene rings is 1. The van der Waals surface area contributed by atoms with E-state index in [9.17, 15) is 18.8 Å². The zero-order valence-corrected chi connectivity index (χ0v) is 17.0. The number of aromatic nitrogens is 2. The van der Waals surface area contributed by atoms with Crippen molar-refractivity contribution in [1.82, 2.24) is 14.9 Å². The number of H-pyrrole nitrogens is 1. The number of halogens is 2. The molecule has 0 aliphatic carbocycles. The number of carbonyl (C=O) groups is 1. The highest BCUT2D eigenvalue weighted by molar-refractivity contribution is 7.22. The van der Waals surface area contributed by atoms with Crippen molar-refractivity contribution < 1.29 is 13.9 Å². The van der Waals surface area contributed by atoms with Crippen LogP contribution in [0.5, 0.6) is 5.75 Å². The van der Waals surface area contributed by atoms with Crippen molar-refractivity contribution in [2.75, 3.05) is 13.7 Å². The normalized spacial score (nSPS) is 17.2. The third kappa shape index (κ3) is 3.56. The molecule has 1 aliphatic rings. The van der Waals surface area contributed by atoms with Crippen LogP contribution in [0.3, 0.4) is 0 Å². The molecule has 0 saturated carbocycles. The predicted octanol–water partition coefficient (Wildman–Crippen LogP) is 3.06. The molecule has 1 aliphatic heterocycles. The number of hydrogen-bond donors (Lipinski definition) is 2. The number of methoxy groups -OCH3 is 1. The van der Waals surface area contributed by atoms with Gasteiger partial charge in [-0.2, -0.15) is 0 Å². The first-order valence-electron chi connectivity index (χ1n) is 8.97. The van der Waals surface area contributed by atoms with Crippen molar-refractivity contribution in [2.24, 2.45) is 0 Å². The van der Waals surface area contributed by atoms with E-state index in [0.29, 0.717) is 40.0 Å². The van der Waals surface area contributed by atoms with Gasteiger partial charge in [0.1, 0.15) is 4.70 Å². The Bertz CT molecular complexity index is 1230. The summed E-state index contributed by atoms with van der Waals surface area (Å²) in [4.78, 5) is 40.9. The lowest BCUT2D eigenvalue weighted by molar-refractivity contribution is -0.121. The SMILES string of the molecule is COc1cc(-c2cc3[nH]c(=O)n([C@@H]4CCCNC(=O)C4)c(=O)c3s2)c(Cl)cc1F. The summed E-state index contributed by atoms with van der Waals surface area (Å²) in [5.41, 5.74) is -0.153. The fraction of sp³-hybridized carbons (Fsp3) is 0.316. The lowest BCUT2D eigenvalue weighted by atomic mass is 10.1. The van der Waals surface area contributed by atoms with Crippen LogP contribution in [-0.2, 0) is 4.79 Å². The predicted molar refractivity (Wildman–Crippen MR) is 110 cm³/mol. The van der Waals surface area contributed by atoms with E-state index in [0.717, 1.165) is 22.0 Å². The summed E-state index contributed by atoms with van der Waals surface area (Å²) >= 11 is 7.33. The number of amides is 1. The second kappa shape index (κ2) is 7.64. The maximum absolute atomic E-state index is 13.9. The monoisotopic (exact) mass is 437 g/mol. The van der Waals surface area contributed by atoms with Crippen LogP contribution in [-0.4, -0.2) is 29.1 Å². The second-order valence-electron chi connectivity index (χ2n) is 6.78. The summed E-state index contributed by atoms with van der Waals surface area (Å²) in [5, 5.41) is 2.91. The molecule has 7 nitrogen and oxygen atoms in total. The topological polar surface area (TPSA) is 93.2 Å². The lowest BCUT2D eigenvalue weighted by Gasteiger charge is -2.14. The number of aromatic amines is 1. The first kappa shape index (κ1) is 19.7. The van der Waals surface area contributed by atoms with Gasteiger partial charge >= 0.3 is 5.69 Å². The Hall–Kier alpha value is -2.65. The van der Waals surface area contributed by atoms with Gasteiger partial charge in [-0.1, -0.05) is 11.6 Å². The molecule has 0 radical (unpaired) electrons. The molecule has 1 aromatic carbocycles. The molecule has 0 unspecified atom stereocenters. The Labute approximate surface area is 173 Å². The first-order chi connectivity index (χ1) is 13.9. The van der Waals surface area contributed by atoms with Crippen LogP contribution >= 0.6 is 22.9 Å². The Morgan fingerprint density at radius 1 is 1.28 bits per heavy atom. The number of fused-ring (bicyclic) bond motifs is 1.